The second-order valence-corrected chi connectivity index (χ2v) is 4.02. The van der Waals surface area contributed by atoms with Crippen LogP contribution in [-0.4, -0.2) is 9.97 Å². The van der Waals surface area contributed by atoms with Crippen molar-refractivity contribution in [2.75, 3.05) is 5.73 Å². The molecule has 3 N–H and O–H groups in total. The Morgan fingerprint density at radius 3 is 2.81 bits per heavy atom. The van der Waals surface area contributed by atoms with E-state index in [4.69, 9.17) is 18.0 Å². The number of nitrogens with two attached hydrogens (primary N) is 1. The van der Waals surface area contributed by atoms with Gasteiger partial charge in [0.2, 0.25) is 0 Å². The van der Waals surface area contributed by atoms with E-state index in [-0.39, 0.29) is 0 Å². The lowest BCUT2D eigenvalue weighted by atomic mass is 10.1. The average molecular weight is 227 g/mol. The summed E-state index contributed by atoms with van der Waals surface area (Å²) in [6, 6.07) is 12.1. The van der Waals surface area contributed by atoms with E-state index in [1.54, 1.807) is 0 Å². The Hall–Kier alpha value is -1.94. The number of nitrogens with zero attached hydrogens (tertiary/aromatic N) is 1. The molecule has 0 aliphatic heterocycles. The van der Waals surface area contributed by atoms with Crippen LogP contribution in [0.2, 0.25) is 0 Å². The number of aromatic amines is 1. The van der Waals surface area contributed by atoms with Gasteiger partial charge in [0, 0.05) is 5.39 Å². The Bertz CT molecular complexity index is 746. The lowest BCUT2D eigenvalue weighted by Crippen LogP contribution is -1.95. The highest BCUT2D eigenvalue weighted by atomic mass is 32.1. The molecule has 0 atom stereocenters. The van der Waals surface area contributed by atoms with Crippen molar-refractivity contribution in [1.29, 1.82) is 0 Å². The molecule has 2 aromatic carbocycles. The Morgan fingerprint density at radius 1 is 1.12 bits per heavy atom. The average Bonchev–Trinajstić information content (AvgIpc) is 2.28. The lowest BCUT2D eigenvalue weighted by Gasteiger charge is -2.05. The number of H-pyrrole nitrogens is 1. The van der Waals surface area contributed by atoms with E-state index in [9.17, 15) is 0 Å². The molecule has 0 aliphatic carbocycles. The fraction of sp³-hybridized carbons (Fsp3) is 0. The molecule has 3 rings (SSSR count). The van der Waals surface area contributed by atoms with Gasteiger partial charge in [-0.05, 0) is 29.1 Å². The first-order valence-corrected chi connectivity index (χ1v) is 5.34. The molecule has 0 aliphatic rings. The summed E-state index contributed by atoms with van der Waals surface area (Å²) >= 11 is 5.00. The van der Waals surface area contributed by atoms with Gasteiger partial charge in [-0.25, -0.2) is 4.98 Å². The molecule has 0 fully saturated rings. The first kappa shape index (κ1) is 9.30. The molecule has 0 bridgehead atoms. The maximum Gasteiger partial charge on any atom is 0.199 e. The number of nitrogens with one attached hydrogen (secondary N) is 1. The minimum Gasteiger partial charge on any atom is -0.383 e. The Kier molecular flexibility index (Phi) is 1.91. The minimum absolute atomic E-state index is 0.417. The van der Waals surface area contributed by atoms with Gasteiger partial charge in [0.25, 0.3) is 0 Å². The van der Waals surface area contributed by atoms with E-state index in [1.165, 1.54) is 0 Å². The summed E-state index contributed by atoms with van der Waals surface area (Å²) in [7, 11) is 0. The van der Waals surface area contributed by atoms with Crippen LogP contribution in [0, 0.1) is 4.77 Å². The third-order valence-corrected chi connectivity index (χ3v) is 2.84. The number of rotatable bonds is 0. The molecule has 0 amide bonds. The summed E-state index contributed by atoms with van der Waals surface area (Å²) in [5.74, 6) is 0.482. The maximum absolute atomic E-state index is 5.93. The summed E-state index contributed by atoms with van der Waals surface area (Å²) in [6.45, 7) is 0. The molecular formula is C12H9N3S. The van der Waals surface area contributed by atoms with Gasteiger partial charge in [-0.3, -0.25) is 0 Å². The van der Waals surface area contributed by atoms with Crippen LogP contribution in [0.1, 0.15) is 0 Å². The van der Waals surface area contributed by atoms with Gasteiger partial charge < -0.3 is 10.7 Å². The predicted molar refractivity (Wildman–Crippen MR) is 68.8 cm³/mol. The standard InChI is InChI=1S/C12H9N3S/c13-11-10-8-4-2-1-3-7(8)5-6-9(10)14-12(16)15-11/h1-6H,(H3,13,14,15,16). The van der Waals surface area contributed by atoms with Crippen molar-refractivity contribution >= 4 is 39.7 Å². The number of fused-ring (bicyclic) bond motifs is 3. The maximum atomic E-state index is 5.93. The molecule has 0 saturated carbocycles. The summed E-state index contributed by atoms with van der Waals surface area (Å²) < 4.78 is 0.417. The van der Waals surface area contributed by atoms with E-state index >= 15 is 0 Å². The van der Waals surface area contributed by atoms with Crippen LogP contribution in [0.15, 0.2) is 36.4 Å². The number of aromatic nitrogens is 2. The molecular weight excluding hydrogens is 218 g/mol. The van der Waals surface area contributed by atoms with Crippen molar-refractivity contribution in [3.05, 3.63) is 41.2 Å². The highest BCUT2D eigenvalue weighted by molar-refractivity contribution is 7.71. The van der Waals surface area contributed by atoms with Crippen LogP contribution in [0.25, 0.3) is 21.7 Å². The number of hydrogen-bond donors (Lipinski definition) is 2. The molecule has 0 radical (unpaired) electrons. The summed E-state index contributed by atoms with van der Waals surface area (Å²) in [5.41, 5.74) is 6.85. The summed E-state index contributed by atoms with van der Waals surface area (Å²) in [4.78, 5) is 7.14. The van der Waals surface area contributed by atoms with Crippen molar-refractivity contribution in [2.24, 2.45) is 0 Å². The van der Waals surface area contributed by atoms with Crippen molar-refractivity contribution in [3.63, 3.8) is 0 Å². The van der Waals surface area contributed by atoms with Gasteiger partial charge in [-0.2, -0.15) is 0 Å². The number of benzene rings is 2. The Morgan fingerprint density at radius 2 is 1.94 bits per heavy atom. The molecule has 3 nitrogen and oxygen atoms in total. The summed E-state index contributed by atoms with van der Waals surface area (Å²) in [6.07, 6.45) is 0. The predicted octanol–water partition coefficient (Wildman–Crippen LogP) is 3.03. The molecule has 16 heavy (non-hydrogen) atoms. The van der Waals surface area contributed by atoms with Crippen LogP contribution in [0.4, 0.5) is 5.82 Å². The zero-order chi connectivity index (χ0) is 11.1. The summed E-state index contributed by atoms with van der Waals surface area (Å²) in [5, 5.41) is 3.18. The third kappa shape index (κ3) is 1.27. The quantitative estimate of drug-likeness (QED) is 0.458. The van der Waals surface area contributed by atoms with Crippen LogP contribution >= 0.6 is 12.2 Å². The van der Waals surface area contributed by atoms with Gasteiger partial charge in [-0.15, -0.1) is 0 Å². The second kappa shape index (κ2) is 3.28. The van der Waals surface area contributed by atoms with Crippen LogP contribution in [0.3, 0.4) is 0 Å². The van der Waals surface area contributed by atoms with Crippen LogP contribution in [0.5, 0.6) is 0 Å². The Balaban J connectivity index is 2.65. The molecule has 1 heterocycles. The van der Waals surface area contributed by atoms with Crippen molar-refractivity contribution in [1.82, 2.24) is 9.97 Å². The van der Waals surface area contributed by atoms with E-state index < -0.39 is 0 Å². The monoisotopic (exact) mass is 227 g/mol. The zero-order valence-electron chi connectivity index (χ0n) is 8.40. The van der Waals surface area contributed by atoms with E-state index in [1.807, 2.05) is 30.3 Å². The lowest BCUT2D eigenvalue weighted by molar-refractivity contribution is 1.20. The highest BCUT2D eigenvalue weighted by Gasteiger charge is 2.04. The van der Waals surface area contributed by atoms with Gasteiger partial charge in [0.05, 0.1) is 5.52 Å². The van der Waals surface area contributed by atoms with Crippen LogP contribution < -0.4 is 5.73 Å². The zero-order valence-corrected chi connectivity index (χ0v) is 9.21. The molecule has 0 spiro atoms. The van der Waals surface area contributed by atoms with Crippen LogP contribution in [-0.2, 0) is 0 Å². The van der Waals surface area contributed by atoms with E-state index in [0.717, 1.165) is 21.7 Å². The smallest absolute Gasteiger partial charge is 0.199 e. The topological polar surface area (TPSA) is 54.7 Å². The fourth-order valence-electron chi connectivity index (χ4n) is 1.96. The number of hydrogen-bond acceptors (Lipinski definition) is 3. The molecule has 0 saturated heterocycles. The highest BCUT2D eigenvalue weighted by Crippen LogP contribution is 2.26. The normalized spacial score (nSPS) is 11.0. The first-order valence-electron chi connectivity index (χ1n) is 4.93. The van der Waals surface area contributed by atoms with E-state index in [0.29, 0.717) is 10.6 Å². The second-order valence-electron chi connectivity index (χ2n) is 3.64. The fourth-order valence-corrected chi connectivity index (χ4v) is 2.17. The SMILES string of the molecule is Nc1nc(=S)[nH]c2ccc3ccccc3c12. The molecule has 4 heteroatoms. The molecule has 0 unspecified atom stereocenters. The van der Waals surface area contributed by atoms with Crippen molar-refractivity contribution < 1.29 is 0 Å². The van der Waals surface area contributed by atoms with Crippen molar-refractivity contribution in [2.45, 2.75) is 0 Å². The molecule has 3 aromatic rings. The Labute approximate surface area is 96.9 Å². The van der Waals surface area contributed by atoms with Gasteiger partial charge >= 0.3 is 0 Å². The minimum atomic E-state index is 0.417. The number of nitrogen functional groups attached to an aromatic ring is 1. The van der Waals surface area contributed by atoms with E-state index in [2.05, 4.69) is 16.0 Å². The van der Waals surface area contributed by atoms with Gasteiger partial charge in [-0.1, -0.05) is 30.3 Å². The number of anilines is 1. The molecule has 1 aromatic heterocycles. The first-order chi connectivity index (χ1) is 7.75. The van der Waals surface area contributed by atoms with Crippen molar-refractivity contribution in [3.8, 4) is 0 Å². The third-order valence-electron chi connectivity index (χ3n) is 2.65. The largest absolute Gasteiger partial charge is 0.383 e. The van der Waals surface area contributed by atoms with Gasteiger partial charge in [0.1, 0.15) is 5.82 Å². The van der Waals surface area contributed by atoms with Gasteiger partial charge in [0.15, 0.2) is 4.77 Å². The molecule has 78 valence electrons.